The normalized spacial score (nSPS) is 12.1. The van der Waals surface area contributed by atoms with Crippen molar-refractivity contribution in [2.45, 2.75) is 6.18 Å². The van der Waals surface area contributed by atoms with Crippen LogP contribution in [-0.4, -0.2) is 14.4 Å². The van der Waals surface area contributed by atoms with Crippen LogP contribution in [0.15, 0.2) is 73.2 Å². The van der Waals surface area contributed by atoms with Gasteiger partial charge in [0.25, 0.3) is 0 Å². The van der Waals surface area contributed by atoms with Crippen molar-refractivity contribution < 1.29 is 13.2 Å². The fourth-order valence-corrected chi connectivity index (χ4v) is 2.93. The third-order valence-electron chi connectivity index (χ3n) is 4.18. The molecule has 27 heavy (non-hydrogen) atoms. The molecule has 3 aromatic heterocycles. The largest absolute Gasteiger partial charge is 0.417 e. The Bertz CT molecular complexity index is 1110. The summed E-state index contributed by atoms with van der Waals surface area (Å²) in [6.45, 7) is 0. The van der Waals surface area contributed by atoms with E-state index in [1.165, 1.54) is 6.20 Å². The Morgan fingerprint density at radius 2 is 1.67 bits per heavy atom. The first kappa shape index (κ1) is 17.0. The molecule has 0 saturated carbocycles. The van der Waals surface area contributed by atoms with E-state index in [-0.39, 0.29) is 11.4 Å². The summed E-state index contributed by atoms with van der Waals surface area (Å²) in [6.07, 6.45) is 3.24. The van der Waals surface area contributed by atoms with Crippen molar-refractivity contribution in [2.24, 2.45) is 0 Å². The zero-order valence-corrected chi connectivity index (χ0v) is 14.1. The van der Waals surface area contributed by atoms with Gasteiger partial charge >= 0.3 is 6.18 Å². The van der Waals surface area contributed by atoms with Crippen molar-refractivity contribution in [1.29, 1.82) is 0 Å². The Balaban J connectivity index is 1.88. The van der Waals surface area contributed by atoms with Gasteiger partial charge in [-0.25, -0.2) is 4.98 Å². The number of pyridine rings is 2. The zero-order chi connectivity index (χ0) is 18.9. The Hall–Kier alpha value is -3.41. The van der Waals surface area contributed by atoms with E-state index in [0.29, 0.717) is 5.69 Å². The van der Waals surface area contributed by atoms with E-state index in [2.05, 4.69) is 9.97 Å². The molecule has 0 aliphatic heterocycles. The molecule has 0 saturated heterocycles. The fraction of sp³-hybridized carbons (Fsp3) is 0.0476. The van der Waals surface area contributed by atoms with Crippen LogP contribution >= 0.6 is 0 Å². The molecular formula is C21H14F3N3. The second-order valence-electron chi connectivity index (χ2n) is 5.94. The van der Waals surface area contributed by atoms with Gasteiger partial charge in [-0.1, -0.05) is 42.5 Å². The van der Waals surface area contributed by atoms with Crippen molar-refractivity contribution >= 4 is 17.7 Å². The first-order valence-corrected chi connectivity index (χ1v) is 8.26. The van der Waals surface area contributed by atoms with Crippen LogP contribution in [0.3, 0.4) is 0 Å². The summed E-state index contributed by atoms with van der Waals surface area (Å²) in [5.41, 5.74) is 1.48. The minimum Gasteiger partial charge on any atom is -0.299 e. The van der Waals surface area contributed by atoms with Crippen LogP contribution in [0.25, 0.3) is 29.1 Å². The lowest BCUT2D eigenvalue weighted by Crippen LogP contribution is -2.08. The summed E-state index contributed by atoms with van der Waals surface area (Å²) in [5, 5.41) is 0. The van der Waals surface area contributed by atoms with Crippen LogP contribution in [-0.2, 0) is 6.18 Å². The van der Waals surface area contributed by atoms with Gasteiger partial charge in [0.05, 0.1) is 16.8 Å². The van der Waals surface area contributed by atoms with Crippen molar-refractivity contribution in [2.75, 3.05) is 0 Å². The average Bonchev–Trinajstić information content (AvgIpc) is 3.05. The second-order valence-corrected chi connectivity index (χ2v) is 5.94. The SMILES string of the molecule is FC(F)(F)c1ccncc1-c1nc(C=Cc2ccccc2)c2ccccn12. The third-order valence-corrected chi connectivity index (χ3v) is 4.18. The van der Waals surface area contributed by atoms with E-state index >= 15 is 0 Å². The molecule has 0 atom stereocenters. The van der Waals surface area contributed by atoms with Crippen molar-refractivity contribution in [3.63, 3.8) is 0 Å². The fourth-order valence-electron chi connectivity index (χ4n) is 2.93. The highest BCUT2D eigenvalue weighted by molar-refractivity contribution is 5.79. The molecule has 0 amide bonds. The number of rotatable bonds is 3. The average molecular weight is 365 g/mol. The number of fused-ring (bicyclic) bond motifs is 1. The Morgan fingerprint density at radius 3 is 2.44 bits per heavy atom. The predicted molar refractivity (Wildman–Crippen MR) is 98.8 cm³/mol. The molecule has 134 valence electrons. The van der Waals surface area contributed by atoms with Crippen LogP contribution in [0.4, 0.5) is 13.2 Å². The highest BCUT2D eigenvalue weighted by atomic mass is 19.4. The molecule has 0 radical (unpaired) electrons. The molecule has 0 fully saturated rings. The first-order valence-electron chi connectivity index (χ1n) is 8.26. The second kappa shape index (κ2) is 6.72. The van der Waals surface area contributed by atoms with Crippen LogP contribution in [0.5, 0.6) is 0 Å². The van der Waals surface area contributed by atoms with E-state index < -0.39 is 11.7 Å². The summed E-state index contributed by atoms with van der Waals surface area (Å²) < 4.78 is 41.9. The molecule has 1 aromatic carbocycles. The molecule has 3 heterocycles. The zero-order valence-electron chi connectivity index (χ0n) is 14.1. The Labute approximate surface area is 153 Å². The Kier molecular flexibility index (Phi) is 4.24. The maximum atomic E-state index is 13.4. The van der Waals surface area contributed by atoms with Crippen LogP contribution in [0.2, 0.25) is 0 Å². The number of alkyl halides is 3. The van der Waals surface area contributed by atoms with Crippen molar-refractivity contribution in [3.8, 4) is 11.4 Å². The summed E-state index contributed by atoms with van der Waals surface area (Å²) in [6, 6.07) is 16.0. The molecule has 0 spiro atoms. The summed E-state index contributed by atoms with van der Waals surface area (Å²) in [7, 11) is 0. The van der Waals surface area contributed by atoms with Crippen molar-refractivity contribution in [1.82, 2.24) is 14.4 Å². The highest BCUT2D eigenvalue weighted by Crippen LogP contribution is 2.36. The van der Waals surface area contributed by atoms with E-state index in [4.69, 9.17) is 0 Å². The van der Waals surface area contributed by atoms with E-state index in [9.17, 15) is 13.2 Å². The van der Waals surface area contributed by atoms with E-state index in [1.807, 2.05) is 48.5 Å². The predicted octanol–water partition coefficient (Wildman–Crippen LogP) is 5.59. The summed E-state index contributed by atoms with van der Waals surface area (Å²) >= 11 is 0. The van der Waals surface area contributed by atoms with Gasteiger partial charge in [0.2, 0.25) is 0 Å². The van der Waals surface area contributed by atoms with Gasteiger partial charge in [-0.3, -0.25) is 9.38 Å². The summed E-state index contributed by atoms with van der Waals surface area (Å²) in [4.78, 5) is 8.36. The topological polar surface area (TPSA) is 30.2 Å². The number of halogens is 3. The molecular weight excluding hydrogens is 351 g/mol. The van der Waals surface area contributed by atoms with Gasteiger partial charge < -0.3 is 0 Å². The number of nitrogens with zero attached hydrogens (tertiary/aromatic N) is 3. The van der Waals surface area contributed by atoms with Gasteiger partial charge in [0.15, 0.2) is 0 Å². The molecule has 4 rings (SSSR count). The molecule has 0 aliphatic rings. The van der Waals surface area contributed by atoms with Gasteiger partial charge in [0.1, 0.15) is 5.82 Å². The molecule has 0 aliphatic carbocycles. The third kappa shape index (κ3) is 3.33. The van der Waals surface area contributed by atoms with Gasteiger partial charge in [-0.15, -0.1) is 0 Å². The maximum Gasteiger partial charge on any atom is 0.417 e. The molecule has 3 nitrogen and oxygen atoms in total. The van der Waals surface area contributed by atoms with Crippen LogP contribution in [0.1, 0.15) is 16.8 Å². The molecule has 0 N–H and O–H groups in total. The minimum absolute atomic E-state index is 0.0504. The maximum absolute atomic E-state index is 13.4. The quantitative estimate of drug-likeness (QED) is 0.474. The number of aromatic nitrogens is 3. The minimum atomic E-state index is -4.49. The molecule has 6 heteroatoms. The van der Waals surface area contributed by atoms with Gasteiger partial charge in [-0.2, -0.15) is 13.2 Å². The van der Waals surface area contributed by atoms with Crippen LogP contribution < -0.4 is 0 Å². The highest BCUT2D eigenvalue weighted by Gasteiger charge is 2.34. The smallest absolute Gasteiger partial charge is 0.299 e. The molecule has 4 aromatic rings. The summed E-state index contributed by atoms with van der Waals surface area (Å²) in [5.74, 6) is 0.207. The van der Waals surface area contributed by atoms with Crippen LogP contribution in [0, 0.1) is 0 Å². The van der Waals surface area contributed by atoms with Gasteiger partial charge in [0, 0.05) is 24.2 Å². The lowest BCUT2D eigenvalue weighted by atomic mass is 10.1. The number of hydrogen-bond acceptors (Lipinski definition) is 2. The monoisotopic (exact) mass is 365 g/mol. The first-order chi connectivity index (χ1) is 13.0. The standard InChI is InChI=1S/C21H14F3N3/c22-21(23,24)17-11-12-25-14-16(17)20-26-18(19-8-4-5-13-27(19)20)10-9-15-6-2-1-3-7-15/h1-14H. The number of imidazole rings is 1. The number of hydrogen-bond donors (Lipinski definition) is 0. The van der Waals surface area contributed by atoms with Gasteiger partial charge in [-0.05, 0) is 29.8 Å². The van der Waals surface area contributed by atoms with E-state index in [0.717, 1.165) is 23.3 Å². The molecule has 0 bridgehead atoms. The Morgan fingerprint density at radius 1 is 0.889 bits per heavy atom. The van der Waals surface area contributed by atoms with E-state index in [1.54, 1.807) is 22.7 Å². The number of benzene rings is 1. The van der Waals surface area contributed by atoms with Crippen molar-refractivity contribution in [3.05, 3.63) is 90.0 Å². The lowest BCUT2D eigenvalue weighted by molar-refractivity contribution is -0.137. The molecule has 0 unspecified atom stereocenters. The lowest BCUT2D eigenvalue weighted by Gasteiger charge is -2.11.